The van der Waals surface area contributed by atoms with Crippen LogP contribution >= 0.6 is 11.3 Å². The number of aliphatic hydroxyl groups excluding tert-OH is 1. The van der Waals surface area contributed by atoms with Crippen molar-refractivity contribution < 1.29 is 37.8 Å². The van der Waals surface area contributed by atoms with Gasteiger partial charge in [-0.15, -0.1) is 21.5 Å². The summed E-state index contributed by atoms with van der Waals surface area (Å²) >= 11 is 1.58. The number of piperidine rings is 1. The number of β-amino-alcohol motifs (C(OH)–C–C–N with tert-alkyl or cyclic N) is 1. The predicted octanol–water partition coefficient (Wildman–Crippen LogP) is 6.64. The van der Waals surface area contributed by atoms with Crippen LogP contribution in [0.2, 0.25) is 0 Å². The standard InChI is InChI=1S/C45H48F2N8O6S/c1-21(2)38(45(59)55-17-28(56)14-35(55)44(58)49-23(4)25-6-8-26(9-7-25)42-24(5)48-20-62-42)36-16-37(53-61-36)60-11-10-54-18-31-32(19-54)39(31)40-22(3)29-15-34(51-52-43(29)50-40)30-12-27(46)13-33(47)41(30)57/h6-9,12-13,15-16,20-21,23,28,31-32,35,38-39,56-57H,10-11,14,17-19H2,1-5H3,(H,49,58)(H,50,52)/t23-,28+,31-,32+,35-,38+,39?/m0/s1. The Morgan fingerprint density at radius 1 is 1.05 bits per heavy atom. The Hall–Kier alpha value is -5.78. The third-order valence-electron chi connectivity index (χ3n) is 12.8. The number of amides is 2. The molecule has 6 aromatic rings. The minimum atomic E-state index is -1.06. The Balaban J connectivity index is 0.781. The second-order valence-electron chi connectivity index (χ2n) is 17.2. The quantitative estimate of drug-likeness (QED) is 0.0977. The number of aromatic amines is 1. The van der Waals surface area contributed by atoms with Gasteiger partial charge < -0.3 is 34.7 Å². The van der Waals surface area contributed by atoms with E-state index in [0.29, 0.717) is 48.4 Å². The number of carbonyl (C=O) groups excluding carboxylic acids is 2. The van der Waals surface area contributed by atoms with Crippen LogP contribution in [-0.4, -0.2) is 102 Å². The molecule has 0 spiro atoms. The van der Waals surface area contributed by atoms with E-state index in [1.165, 1.54) is 4.90 Å². The van der Waals surface area contributed by atoms with E-state index in [1.807, 2.05) is 64.4 Å². The number of phenolic OH excluding ortho intramolecular Hbond substituents is 1. The number of hydrogen-bond acceptors (Lipinski definition) is 12. The molecule has 6 heterocycles. The molecule has 1 saturated carbocycles. The van der Waals surface area contributed by atoms with Crippen LogP contribution in [0.1, 0.15) is 73.3 Å². The molecule has 2 amide bonds. The Labute approximate surface area is 360 Å². The minimum absolute atomic E-state index is 0.0345. The normalized spacial score (nSPS) is 22.0. The number of phenols is 1. The summed E-state index contributed by atoms with van der Waals surface area (Å²) in [6, 6.07) is 11.8. The van der Waals surface area contributed by atoms with Crippen LogP contribution in [0.4, 0.5) is 8.78 Å². The van der Waals surface area contributed by atoms with E-state index in [0.717, 1.165) is 57.5 Å². The van der Waals surface area contributed by atoms with Gasteiger partial charge in [0.15, 0.2) is 23.0 Å². The van der Waals surface area contributed by atoms with Crippen molar-refractivity contribution in [2.24, 2.45) is 17.8 Å². The van der Waals surface area contributed by atoms with Gasteiger partial charge in [0.1, 0.15) is 24.4 Å². The molecule has 62 heavy (non-hydrogen) atoms. The van der Waals surface area contributed by atoms with Gasteiger partial charge in [0.25, 0.3) is 5.88 Å². The van der Waals surface area contributed by atoms with Crippen LogP contribution in [0, 0.1) is 43.2 Å². The maximum atomic E-state index is 14.2. The summed E-state index contributed by atoms with van der Waals surface area (Å²) in [5, 5.41) is 37.2. The molecule has 14 nitrogen and oxygen atoms in total. The molecule has 1 unspecified atom stereocenters. The topological polar surface area (TPSA) is 183 Å². The van der Waals surface area contributed by atoms with Crippen LogP contribution < -0.4 is 10.1 Å². The maximum absolute atomic E-state index is 14.2. The number of aromatic nitrogens is 5. The van der Waals surface area contributed by atoms with Crippen molar-refractivity contribution >= 4 is 34.2 Å². The molecule has 4 aromatic heterocycles. The summed E-state index contributed by atoms with van der Waals surface area (Å²) in [4.78, 5) is 40.5. The van der Waals surface area contributed by atoms with E-state index in [4.69, 9.17) is 9.26 Å². The fourth-order valence-electron chi connectivity index (χ4n) is 9.47. The Morgan fingerprint density at radius 2 is 1.81 bits per heavy atom. The number of thiazole rings is 1. The van der Waals surface area contributed by atoms with Crippen molar-refractivity contribution in [1.29, 1.82) is 0 Å². The number of benzene rings is 2. The molecule has 324 valence electrons. The highest BCUT2D eigenvalue weighted by molar-refractivity contribution is 7.13. The Morgan fingerprint density at radius 3 is 2.52 bits per heavy atom. The van der Waals surface area contributed by atoms with Crippen molar-refractivity contribution in [3.05, 3.63) is 94.0 Å². The summed E-state index contributed by atoms with van der Waals surface area (Å²) in [6.07, 6.45) is -0.709. The van der Waals surface area contributed by atoms with Crippen LogP contribution in [0.5, 0.6) is 11.6 Å². The van der Waals surface area contributed by atoms with Crippen LogP contribution in [0.25, 0.3) is 32.7 Å². The number of aliphatic hydroxyl groups is 1. The lowest BCUT2D eigenvalue weighted by Crippen LogP contribution is -2.48. The number of hydrogen-bond donors (Lipinski definition) is 4. The van der Waals surface area contributed by atoms with Crippen molar-refractivity contribution in [3.8, 4) is 33.3 Å². The largest absolute Gasteiger partial charge is 0.504 e. The first-order chi connectivity index (χ1) is 29.7. The molecule has 0 radical (unpaired) electrons. The van der Waals surface area contributed by atoms with Crippen LogP contribution in [0.15, 0.2) is 58.6 Å². The molecular formula is C45H48F2N8O6S. The highest BCUT2D eigenvalue weighted by atomic mass is 32.1. The van der Waals surface area contributed by atoms with Gasteiger partial charge in [-0.3, -0.25) is 14.5 Å². The van der Waals surface area contributed by atoms with Crippen LogP contribution in [0.3, 0.4) is 0 Å². The van der Waals surface area contributed by atoms with Gasteiger partial charge >= 0.3 is 0 Å². The number of aryl methyl sites for hydroxylation is 2. The van der Waals surface area contributed by atoms with Gasteiger partial charge in [-0.05, 0) is 72.5 Å². The monoisotopic (exact) mass is 866 g/mol. The van der Waals surface area contributed by atoms with E-state index in [1.54, 1.807) is 23.5 Å². The molecule has 4 N–H and O–H groups in total. The summed E-state index contributed by atoms with van der Waals surface area (Å²) < 4.78 is 39.7. The maximum Gasteiger partial charge on any atom is 0.254 e. The summed E-state index contributed by atoms with van der Waals surface area (Å²) in [5.74, 6) is -2.34. The molecular weight excluding hydrogens is 819 g/mol. The van der Waals surface area contributed by atoms with Crippen molar-refractivity contribution in [2.45, 2.75) is 71.1 Å². The molecule has 2 aromatic carbocycles. The lowest BCUT2D eigenvalue weighted by molar-refractivity contribution is -0.141. The number of carbonyl (C=O) groups is 2. The van der Waals surface area contributed by atoms with E-state index in [9.17, 15) is 28.6 Å². The molecule has 3 aliphatic rings. The third-order valence-corrected chi connectivity index (χ3v) is 13.8. The van der Waals surface area contributed by atoms with Gasteiger partial charge in [-0.2, -0.15) is 0 Å². The Bertz CT molecular complexity index is 2640. The molecule has 1 aliphatic carbocycles. The summed E-state index contributed by atoms with van der Waals surface area (Å²) in [7, 11) is 0. The predicted molar refractivity (Wildman–Crippen MR) is 226 cm³/mol. The molecule has 3 fully saturated rings. The lowest BCUT2D eigenvalue weighted by atomic mass is 9.91. The first-order valence-corrected chi connectivity index (χ1v) is 21.8. The second-order valence-corrected chi connectivity index (χ2v) is 18.1. The molecule has 9 rings (SSSR count). The fourth-order valence-corrected chi connectivity index (χ4v) is 10.3. The zero-order valence-corrected chi connectivity index (χ0v) is 35.7. The number of likely N-dealkylation sites (tertiary alicyclic amines) is 2. The minimum Gasteiger partial charge on any atom is -0.504 e. The number of halogens is 2. The molecule has 7 atom stereocenters. The smallest absolute Gasteiger partial charge is 0.254 e. The van der Waals surface area contributed by atoms with Gasteiger partial charge in [0, 0.05) is 67.3 Å². The van der Waals surface area contributed by atoms with Crippen molar-refractivity contribution in [2.75, 3.05) is 32.8 Å². The molecule has 17 heteroatoms. The highest BCUT2D eigenvalue weighted by Crippen LogP contribution is 2.59. The van der Waals surface area contributed by atoms with E-state index >= 15 is 0 Å². The number of H-pyrrole nitrogens is 1. The number of aromatic hydroxyl groups is 1. The van der Waals surface area contributed by atoms with E-state index < -0.39 is 35.4 Å². The lowest BCUT2D eigenvalue weighted by Gasteiger charge is -2.29. The summed E-state index contributed by atoms with van der Waals surface area (Å²) in [6.45, 7) is 12.5. The van der Waals surface area contributed by atoms with Gasteiger partial charge in [-0.1, -0.05) is 38.1 Å². The molecule has 0 bridgehead atoms. The molecule has 2 saturated heterocycles. The van der Waals surface area contributed by atoms with E-state index in [2.05, 4.69) is 35.5 Å². The highest BCUT2D eigenvalue weighted by Gasteiger charge is 2.57. The fraction of sp³-hybridized carbons (Fsp3) is 0.422. The average Bonchev–Trinajstić information content (AvgIpc) is 3.91. The average molecular weight is 867 g/mol. The summed E-state index contributed by atoms with van der Waals surface area (Å²) in [5.41, 5.74) is 7.54. The van der Waals surface area contributed by atoms with Gasteiger partial charge in [-0.25, -0.2) is 13.8 Å². The SMILES string of the molecule is Cc1ncsc1-c1ccc([C@H](C)NC(=O)[C@@H]2C[C@@H](O)CN2C(=O)[C@@H](c2cc(OCCN3C[C@@H]4C(c5[nH]c6nnc(-c7cc(F)cc(F)c7O)cc6c5C)[C@@H]4C3)no2)C(C)C)cc1. The van der Waals surface area contributed by atoms with Crippen molar-refractivity contribution in [1.82, 2.24) is 40.4 Å². The van der Waals surface area contributed by atoms with Gasteiger partial charge in [0.2, 0.25) is 11.8 Å². The molecule has 2 aliphatic heterocycles. The van der Waals surface area contributed by atoms with Crippen LogP contribution in [-0.2, 0) is 9.59 Å². The first kappa shape index (κ1) is 41.6. The number of fused-ring (bicyclic) bond motifs is 2. The zero-order chi connectivity index (χ0) is 43.6. The number of nitrogens with one attached hydrogen (secondary N) is 2. The third kappa shape index (κ3) is 7.81. The first-order valence-electron chi connectivity index (χ1n) is 20.9. The number of nitrogens with zero attached hydrogens (tertiary/aromatic N) is 6. The van der Waals surface area contributed by atoms with Crippen molar-refractivity contribution in [3.63, 3.8) is 0 Å². The second kappa shape index (κ2) is 16.5. The van der Waals surface area contributed by atoms with Gasteiger partial charge in [0.05, 0.1) is 33.9 Å². The zero-order valence-electron chi connectivity index (χ0n) is 34.9. The number of rotatable bonds is 13. The number of ether oxygens (including phenoxy) is 1. The Kier molecular flexibility index (Phi) is 11.1. The van der Waals surface area contributed by atoms with E-state index in [-0.39, 0.29) is 53.9 Å².